The van der Waals surface area contributed by atoms with E-state index in [1.54, 1.807) is 6.08 Å². The molecule has 0 fully saturated rings. The van der Waals surface area contributed by atoms with Crippen molar-refractivity contribution in [1.29, 1.82) is 0 Å². The summed E-state index contributed by atoms with van der Waals surface area (Å²) in [5.41, 5.74) is 0. The number of ether oxygens (including phenoxy) is 2. The van der Waals surface area contributed by atoms with E-state index < -0.39 is 72.3 Å². The number of aliphatic hydroxyl groups is 2. The smallest absolute Gasteiger partial charge is 0.462 e. The molecular formula is C42H76O14P2. The van der Waals surface area contributed by atoms with E-state index in [0.717, 1.165) is 70.6 Å². The summed E-state index contributed by atoms with van der Waals surface area (Å²) in [6.45, 7) is 1.50. The van der Waals surface area contributed by atoms with Crippen molar-refractivity contribution in [2.45, 2.75) is 180 Å². The molecule has 2 unspecified atom stereocenters. The Morgan fingerprint density at radius 1 is 0.586 bits per heavy atom. The van der Waals surface area contributed by atoms with Crippen LogP contribution in [-0.4, -0.2) is 81.6 Å². The first-order valence-corrected chi connectivity index (χ1v) is 24.5. The first-order valence-electron chi connectivity index (χ1n) is 21.4. The Morgan fingerprint density at radius 2 is 1.14 bits per heavy atom. The number of carbonyl (C=O) groups excluding carboxylic acids is 2. The van der Waals surface area contributed by atoms with Crippen LogP contribution < -0.4 is 0 Å². The fourth-order valence-corrected chi connectivity index (χ4v) is 6.68. The molecule has 0 bridgehead atoms. The molecule has 0 rings (SSSR count). The lowest BCUT2D eigenvalue weighted by molar-refractivity contribution is -0.161. The number of allylic oxidation sites excluding steroid dienone is 7. The molecule has 0 aliphatic heterocycles. The Morgan fingerprint density at radius 3 is 1.76 bits per heavy atom. The standard InChI is InChI=1S/C42H76O14P2/c1-3-5-7-9-11-12-13-14-15-16-17-18-20-24-28-32-41(45)52-36-40(37-55-58(50,51)54-35-39(44)34-53-57(47,48)49)56-42(46)33-29-25-21-23-27-31-38(43)30-26-22-19-10-8-6-4-2/h6,8,12-13,19,22,26,30,38-40,43-44H,3-5,7,9-11,14-18,20-21,23-25,27-29,31-37H2,1-2H3,(H,50,51)(H2,47,48,49)/b8-6+,13-12-,22-19+,30-26+/t38?,39-,40+/m0/s1. The van der Waals surface area contributed by atoms with Gasteiger partial charge in [-0.2, -0.15) is 0 Å². The Balaban J connectivity index is 4.62. The molecule has 0 spiro atoms. The lowest BCUT2D eigenvalue weighted by Crippen LogP contribution is -2.30. The fourth-order valence-electron chi connectivity index (χ4n) is 5.53. The normalized spacial score (nSPS) is 15.1. The molecule has 0 aliphatic rings. The summed E-state index contributed by atoms with van der Waals surface area (Å²) in [5.74, 6) is -1.11. The van der Waals surface area contributed by atoms with E-state index in [-0.39, 0.29) is 12.8 Å². The molecule has 0 aromatic carbocycles. The highest BCUT2D eigenvalue weighted by molar-refractivity contribution is 7.47. The summed E-state index contributed by atoms with van der Waals surface area (Å²) in [4.78, 5) is 52.7. The van der Waals surface area contributed by atoms with Crippen LogP contribution in [0.15, 0.2) is 48.6 Å². The van der Waals surface area contributed by atoms with E-state index in [4.69, 9.17) is 23.8 Å². The highest BCUT2D eigenvalue weighted by Crippen LogP contribution is 2.43. The van der Waals surface area contributed by atoms with Crippen LogP contribution in [0.5, 0.6) is 0 Å². The van der Waals surface area contributed by atoms with Crippen molar-refractivity contribution in [3.63, 3.8) is 0 Å². The van der Waals surface area contributed by atoms with Crippen molar-refractivity contribution < 1.29 is 66.7 Å². The van der Waals surface area contributed by atoms with Crippen LogP contribution in [0.1, 0.15) is 162 Å². The molecule has 58 heavy (non-hydrogen) atoms. The predicted octanol–water partition coefficient (Wildman–Crippen LogP) is 9.64. The maximum atomic E-state index is 12.7. The van der Waals surface area contributed by atoms with Crippen LogP contribution in [0.2, 0.25) is 0 Å². The Hall–Kier alpha value is -1.96. The molecule has 4 atom stereocenters. The third-order valence-electron chi connectivity index (χ3n) is 8.80. The number of rotatable bonds is 40. The first kappa shape index (κ1) is 56.0. The van der Waals surface area contributed by atoms with Crippen molar-refractivity contribution in [3.8, 4) is 0 Å². The second-order valence-corrected chi connectivity index (χ2v) is 17.1. The third-order valence-corrected chi connectivity index (χ3v) is 10.2. The van der Waals surface area contributed by atoms with Gasteiger partial charge in [0.1, 0.15) is 12.7 Å². The van der Waals surface area contributed by atoms with Crippen LogP contribution in [0, 0.1) is 0 Å². The van der Waals surface area contributed by atoms with Crippen LogP contribution in [-0.2, 0) is 41.8 Å². The summed E-state index contributed by atoms with van der Waals surface area (Å²) < 4.78 is 47.7. The molecule has 0 saturated carbocycles. The van der Waals surface area contributed by atoms with Gasteiger partial charge in [-0.25, -0.2) is 9.13 Å². The molecule has 0 aliphatic carbocycles. The fraction of sp³-hybridized carbons (Fsp3) is 0.762. The molecule has 0 radical (unpaired) electrons. The molecule has 338 valence electrons. The highest BCUT2D eigenvalue weighted by Gasteiger charge is 2.28. The lowest BCUT2D eigenvalue weighted by atomic mass is 10.1. The number of unbranched alkanes of at least 4 members (excludes halogenated alkanes) is 15. The first-order chi connectivity index (χ1) is 27.8. The van der Waals surface area contributed by atoms with E-state index in [0.29, 0.717) is 19.3 Å². The molecule has 0 heterocycles. The Kier molecular flexibility index (Phi) is 36.7. The van der Waals surface area contributed by atoms with Crippen molar-refractivity contribution in [3.05, 3.63) is 48.6 Å². The topological polar surface area (TPSA) is 216 Å². The summed E-state index contributed by atoms with van der Waals surface area (Å²) >= 11 is 0. The average molecular weight is 867 g/mol. The zero-order valence-electron chi connectivity index (χ0n) is 35.2. The molecule has 14 nitrogen and oxygen atoms in total. The lowest BCUT2D eigenvalue weighted by Gasteiger charge is -2.20. The van der Waals surface area contributed by atoms with Crippen LogP contribution in [0.3, 0.4) is 0 Å². The average Bonchev–Trinajstić information content (AvgIpc) is 3.17. The zero-order valence-corrected chi connectivity index (χ0v) is 37.0. The minimum absolute atomic E-state index is 0.0600. The van der Waals surface area contributed by atoms with Crippen LogP contribution >= 0.6 is 15.6 Å². The van der Waals surface area contributed by atoms with Gasteiger partial charge in [0, 0.05) is 12.8 Å². The van der Waals surface area contributed by atoms with E-state index in [1.165, 1.54) is 44.9 Å². The van der Waals surface area contributed by atoms with Gasteiger partial charge in [-0.05, 0) is 57.8 Å². The number of phosphoric ester groups is 2. The van der Waals surface area contributed by atoms with Gasteiger partial charge >= 0.3 is 27.6 Å². The van der Waals surface area contributed by atoms with Crippen molar-refractivity contribution in [2.24, 2.45) is 0 Å². The number of hydrogen-bond acceptors (Lipinski definition) is 11. The van der Waals surface area contributed by atoms with E-state index >= 15 is 0 Å². The van der Waals surface area contributed by atoms with Gasteiger partial charge in [-0.1, -0.05) is 140 Å². The molecular weight excluding hydrogens is 790 g/mol. The maximum absolute atomic E-state index is 12.7. The zero-order chi connectivity index (χ0) is 43.2. The number of carbonyl (C=O) groups is 2. The highest BCUT2D eigenvalue weighted by atomic mass is 31.2. The number of phosphoric acid groups is 2. The van der Waals surface area contributed by atoms with Crippen LogP contribution in [0.25, 0.3) is 0 Å². The monoisotopic (exact) mass is 866 g/mol. The molecule has 0 aromatic rings. The van der Waals surface area contributed by atoms with Gasteiger partial charge in [0.2, 0.25) is 0 Å². The molecule has 0 amide bonds. The second-order valence-electron chi connectivity index (χ2n) is 14.4. The largest absolute Gasteiger partial charge is 0.472 e. The Labute approximate surface area is 348 Å². The van der Waals surface area contributed by atoms with Crippen molar-refractivity contribution in [2.75, 3.05) is 26.4 Å². The summed E-state index contributed by atoms with van der Waals surface area (Å²) in [7, 11) is -9.71. The Bertz CT molecular complexity index is 1230. The SMILES string of the molecule is CC/C=C/C/C=C/C=C/C(O)CCCCCCCC(=O)O[C@H](COC(=O)CCCCCCCCC/C=C\CCCCCC)COP(=O)(O)OC[C@@H](O)COP(=O)(O)O. The number of aliphatic hydroxyl groups excluding tert-OH is 2. The summed E-state index contributed by atoms with van der Waals surface area (Å²) in [6, 6.07) is 0. The van der Waals surface area contributed by atoms with Gasteiger partial charge in [0.15, 0.2) is 6.10 Å². The molecule has 0 saturated heterocycles. The minimum Gasteiger partial charge on any atom is -0.462 e. The van der Waals surface area contributed by atoms with E-state index in [9.17, 15) is 33.8 Å². The van der Waals surface area contributed by atoms with Gasteiger partial charge in [-0.3, -0.25) is 23.2 Å². The van der Waals surface area contributed by atoms with Gasteiger partial charge in [-0.15, -0.1) is 0 Å². The minimum atomic E-state index is -4.87. The van der Waals surface area contributed by atoms with Crippen molar-refractivity contribution >= 4 is 27.6 Å². The van der Waals surface area contributed by atoms with Gasteiger partial charge in [0.05, 0.1) is 25.9 Å². The summed E-state index contributed by atoms with van der Waals surface area (Å²) in [5, 5.41) is 19.9. The quantitative estimate of drug-likeness (QED) is 0.0127. The van der Waals surface area contributed by atoms with Crippen LogP contribution in [0.4, 0.5) is 0 Å². The molecule has 0 aromatic heterocycles. The number of esters is 2. The molecule has 16 heteroatoms. The maximum Gasteiger partial charge on any atom is 0.472 e. The van der Waals surface area contributed by atoms with Crippen molar-refractivity contribution in [1.82, 2.24) is 0 Å². The predicted molar refractivity (Wildman–Crippen MR) is 227 cm³/mol. The van der Waals surface area contributed by atoms with Gasteiger partial charge in [0.25, 0.3) is 0 Å². The van der Waals surface area contributed by atoms with E-state index in [2.05, 4.69) is 47.2 Å². The molecule has 5 N–H and O–H groups in total. The number of hydrogen-bond donors (Lipinski definition) is 5. The van der Waals surface area contributed by atoms with E-state index in [1.807, 2.05) is 18.2 Å². The van der Waals surface area contributed by atoms with Gasteiger partial charge < -0.3 is 34.4 Å². The summed E-state index contributed by atoms with van der Waals surface area (Å²) in [6.07, 6.45) is 34.1. The third kappa shape index (κ3) is 40.8. The second kappa shape index (κ2) is 38.0.